The van der Waals surface area contributed by atoms with Gasteiger partial charge in [0.15, 0.2) is 0 Å². The number of aliphatic carboxylic acids is 1. The van der Waals surface area contributed by atoms with Crippen molar-refractivity contribution in [2.45, 2.75) is 212 Å². The molecule has 0 saturated carbocycles. The molecule has 40 nitrogen and oxygen atoms in total. The number of rotatable bonds is 24. The smallest absolute Gasteiger partial charge is 0.305 e. The van der Waals surface area contributed by atoms with Crippen LogP contribution < -0.4 is 91.6 Å². The van der Waals surface area contributed by atoms with Gasteiger partial charge in [0.25, 0.3) is 0 Å². The average molecular weight is 1800 g/mol. The molecule has 3 heterocycles. The summed E-state index contributed by atoms with van der Waals surface area (Å²) in [6.07, 6.45) is 1.04. The molecule has 0 spiro atoms. The van der Waals surface area contributed by atoms with Crippen LogP contribution in [0.3, 0.4) is 0 Å². The predicted molar refractivity (Wildman–Crippen MR) is 473 cm³/mol. The Balaban J connectivity index is 1.45. The number of likely N-dealkylation sites (N-methyl/N-ethyl adjacent to an activating group) is 1. The highest BCUT2D eigenvalue weighted by Crippen LogP contribution is 2.24. The molecule has 0 aliphatic carbocycles. The molecule has 41 heteroatoms. The summed E-state index contributed by atoms with van der Waals surface area (Å²) in [5, 5.41) is 57.0. The molecular formula is C87H122N20O20S. The Labute approximate surface area is 745 Å². The van der Waals surface area contributed by atoms with Crippen molar-refractivity contribution in [3.8, 4) is 11.1 Å². The van der Waals surface area contributed by atoms with Crippen LogP contribution in [-0.4, -0.2) is 254 Å². The number of thioether (sulfide) groups is 1. The zero-order chi connectivity index (χ0) is 94.9. The maximum absolute atomic E-state index is 15.3. The number of amides is 17. The van der Waals surface area contributed by atoms with Gasteiger partial charge in [-0.1, -0.05) is 142 Å². The highest BCUT2D eigenvalue weighted by Gasteiger charge is 2.41. The first-order valence-corrected chi connectivity index (χ1v) is 43.4. The fourth-order valence-corrected chi connectivity index (χ4v) is 14.6. The van der Waals surface area contributed by atoms with Crippen molar-refractivity contribution in [2.24, 2.45) is 46.8 Å². The van der Waals surface area contributed by atoms with Gasteiger partial charge in [0.05, 0.1) is 31.7 Å². The summed E-state index contributed by atoms with van der Waals surface area (Å²) in [4.78, 5) is 264. The van der Waals surface area contributed by atoms with Gasteiger partial charge in [0, 0.05) is 68.1 Å². The first-order chi connectivity index (χ1) is 60.5. The Morgan fingerprint density at radius 2 is 0.891 bits per heavy atom. The number of benzene rings is 3. The van der Waals surface area contributed by atoms with E-state index < -0.39 is 247 Å². The second-order valence-electron chi connectivity index (χ2n) is 33.5. The summed E-state index contributed by atoms with van der Waals surface area (Å²) < 4.78 is 0. The SMILES string of the molecule is CC(C)C[C@@H]1NC(=O)[C@H](Cc2c[nH]c3ccccc23)NC(=O)[C@H](CC(=O)O)NC(=O)[C@H](Cc2ccncc2)NC(=O)[C@H](CN)NC(=O)CSC[C@@H](C(=O)NCC(N)=O)NC(=O)[C@H](CO)NC(=O)[C@H](C(C)C)NC(=O)[C@H](CC(C)C)NC(=O)[C@H](CC(N)=O)NC(=O)[C@@H](CC(C)C)NC(=O)[C@H](C)N(C)C(=O)[C@H](C(C)C)NC(=O)[C@H](Cc2ccc(-c3ccccc3)cc2)NC1=O. The maximum Gasteiger partial charge on any atom is 0.305 e. The number of para-hydroxylation sites is 1. The molecule has 128 heavy (non-hydrogen) atoms. The summed E-state index contributed by atoms with van der Waals surface area (Å²) in [6.45, 7) is 15.3. The highest BCUT2D eigenvalue weighted by molar-refractivity contribution is 8.00. The Bertz CT molecular complexity index is 4730. The second kappa shape index (κ2) is 50.4. The van der Waals surface area contributed by atoms with Gasteiger partial charge in [-0.2, -0.15) is 0 Å². The molecule has 0 unspecified atom stereocenters. The first-order valence-electron chi connectivity index (χ1n) is 42.2. The zero-order valence-electron chi connectivity index (χ0n) is 73.8. The van der Waals surface area contributed by atoms with Crippen molar-refractivity contribution in [3.63, 3.8) is 0 Å². The minimum Gasteiger partial charge on any atom is -0.481 e. The number of nitrogens with one attached hydrogen (secondary N) is 15. The Hall–Kier alpha value is -12.9. The van der Waals surface area contributed by atoms with E-state index in [2.05, 4.69) is 84.4 Å². The van der Waals surface area contributed by atoms with Gasteiger partial charge in [-0.25, -0.2) is 0 Å². The van der Waals surface area contributed by atoms with E-state index in [0.29, 0.717) is 39.4 Å². The molecule has 5 aromatic rings. The summed E-state index contributed by atoms with van der Waals surface area (Å²) in [7, 11) is 1.27. The molecule has 1 aliphatic rings. The van der Waals surface area contributed by atoms with Crippen LogP contribution in [0.2, 0.25) is 0 Å². The van der Waals surface area contributed by atoms with Gasteiger partial charge >= 0.3 is 5.97 Å². The molecule has 1 aliphatic heterocycles. The number of primary amides is 2. The number of pyridine rings is 1. The molecule has 0 radical (unpaired) electrons. The van der Waals surface area contributed by atoms with Crippen molar-refractivity contribution in [3.05, 3.63) is 126 Å². The number of aliphatic hydroxyl groups is 1. The van der Waals surface area contributed by atoms with E-state index >= 15 is 19.2 Å². The van der Waals surface area contributed by atoms with Crippen molar-refractivity contribution in [1.29, 1.82) is 0 Å². The van der Waals surface area contributed by atoms with Gasteiger partial charge in [0.2, 0.25) is 100 Å². The predicted octanol–water partition coefficient (Wildman–Crippen LogP) is -2.49. The van der Waals surface area contributed by atoms with E-state index in [-0.39, 0.29) is 56.3 Å². The van der Waals surface area contributed by atoms with Crippen LogP contribution in [0.25, 0.3) is 22.0 Å². The van der Waals surface area contributed by atoms with Crippen LogP contribution in [0, 0.1) is 29.6 Å². The molecule has 1 fully saturated rings. The molecule has 23 N–H and O–H groups in total. The minimum absolute atomic E-state index is 0.101. The fraction of sp³-hybridized carbons (Fsp3) is 0.506. The van der Waals surface area contributed by atoms with Crippen molar-refractivity contribution in [2.75, 3.05) is 38.2 Å². The highest BCUT2D eigenvalue weighted by atomic mass is 32.2. The number of carboxylic acids is 1. The van der Waals surface area contributed by atoms with E-state index in [4.69, 9.17) is 17.2 Å². The average Bonchev–Trinajstić information content (AvgIpc) is 1.73. The number of carboxylic acid groups (broad SMARTS) is 1. The fourth-order valence-electron chi connectivity index (χ4n) is 13.8. The van der Waals surface area contributed by atoms with Crippen molar-refractivity contribution >= 4 is 129 Å². The minimum atomic E-state index is -2.03. The van der Waals surface area contributed by atoms with E-state index in [1.54, 1.807) is 110 Å². The summed E-state index contributed by atoms with van der Waals surface area (Å²) in [5.41, 5.74) is 20.6. The molecule has 14 atom stereocenters. The molecule has 6 rings (SSSR count). The van der Waals surface area contributed by atoms with E-state index in [9.17, 15) is 77.3 Å². The van der Waals surface area contributed by atoms with Crippen LogP contribution in [0.15, 0.2) is 110 Å². The topological polar surface area (TPSA) is 626 Å². The van der Waals surface area contributed by atoms with Crippen LogP contribution in [0.4, 0.5) is 0 Å². The van der Waals surface area contributed by atoms with Crippen molar-refractivity contribution in [1.82, 2.24) is 89.3 Å². The number of hydrogen-bond donors (Lipinski definition) is 20. The molecular weight excluding hydrogens is 1680 g/mol. The molecule has 1 saturated heterocycles. The number of carbonyl (C=O) groups is 18. The largest absolute Gasteiger partial charge is 0.481 e. The van der Waals surface area contributed by atoms with E-state index in [1.807, 2.05) is 30.3 Å². The monoisotopic (exact) mass is 1800 g/mol. The van der Waals surface area contributed by atoms with Gasteiger partial charge in [-0.05, 0) is 102 Å². The molecule has 0 bridgehead atoms. The van der Waals surface area contributed by atoms with Crippen LogP contribution >= 0.6 is 11.8 Å². The van der Waals surface area contributed by atoms with Gasteiger partial charge < -0.3 is 112 Å². The van der Waals surface area contributed by atoms with Gasteiger partial charge in [0.1, 0.15) is 84.6 Å². The normalized spacial score (nSPS) is 23.8. The maximum atomic E-state index is 15.3. The third-order valence-corrected chi connectivity index (χ3v) is 21.9. The lowest BCUT2D eigenvalue weighted by Gasteiger charge is -2.33. The Morgan fingerprint density at radius 1 is 0.469 bits per heavy atom. The molecule has 2 aromatic heterocycles. The number of aromatic nitrogens is 2. The molecule has 696 valence electrons. The lowest BCUT2D eigenvalue weighted by molar-refractivity contribution is -0.143. The van der Waals surface area contributed by atoms with E-state index in [1.165, 1.54) is 52.3 Å². The van der Waals surface area contributed by atoms with Crippen LogP contribution in [-0.2, 0) is 106 Å². The number of nitrogens with zero attached hydrogens (tertiary/aromatic N) is 2. The number of aromatic amines is 1. The number of carbonyl (C=O) groups excluding carboxylic acids is 17. The van der Waals surface area contributed by atoms with Crippen LogP contribution in [0.5, 0.6) is 0 Å². The number of H-pyrrole nitrogens is 1. The summed E-state index contributed by atoms with van der Waals surface area (Å²) in [6, 6.07) is 3.34. The first kappa shape index (κ1) is 104. The number of fused-ring (bicyclic) bond motifs is 1. The summed E-state index contributed by atoms with van der Waals surface area (Å²) >= 11 is 0.679. The Kier molecular flexibility index (Phi) is 40.9. The lowest BCUT2D eigenvalue weighted by Crippen LogP contribution is -2.62. The standard InChI is InChI=1S/C87H122N20O20S/c1-44(2)30-57-76(116)101-63(36-68(89)109)80(120)97-59(32-46(5)6)82(122)105-72(47(7)8)86(126)103-66(41-108)85(125)104-67(75(115)93-40-69(90)110)42-128-43-70(111)94-65(38-88)84(124)99-60(34-51-26-28-91-29-27-51)78(118)102-64(37-71(112)113)81(121)100-62(35-54-39-92-56-21-17-16-20-55(54)56)79(119)96-58(31-45(3)4)77(117)98-61(33-50-22-24-53(25-23-50)52-18-14-13-15-19-52)83(123)106-73(48(9)10)87(127)107(12)49(11)74(114)95-57/h13-29,39,44-49,57-67,72-73,92,108H,30-38,40-43,88H2,1-12H3,(H2,89,109)(H2,90,110)(H,93,115)(H,94,111)(H,95,114)(H,96,119)(H,97,120)(H,98,117)(H,99,124)(H,100,121)(H,101,116)(H,102,118)(H,103,126)(H,104,125)(H,105,122)(H,106,123)(H,112,113)/t49-,57+,58-,59-,60-,61-,62-,63-,64-,65-,66-,67-,72-,73-/m0/s1. The quantitative estimate of drug-likeness (QED) is 0.0304. The van der Waals surface area contributed by atoms with Gasteiger partial charge in [-0.15, -0.1) is 11.8 Å². The second-order valence-corrected chi connectivity index (χ2v) is 34.5. The van der Waals surface area contributed by atoms with Crippen molar-refractivity contribution < 1.29 is 96.5 Å². The number of aliphatic hydroxyl groups excluding tert-OH is 1. The van der Waals surface area contributed by atoms with Crippen LogP contribution in [0.1, 0.15) is 125 Å². The molecule has 17 amide bonds. The summed E-state index contributed by atoms with van der Waals surface area (Å²) in [5.74, 6) is -22.9. The number of hydrogen-bond acceptors (Lipinski definition) is 22. The third-order valence-electron chi connectivity index (χ3n) is 20.8. The lowest BCUT2D eigenvalue weighted by atomic mass is 9.97. The van der Waals surface area contributed by atoms with Gasteiger partial charge in [-0.3, -0.25) is 91.3 Å². The van der Waals surface area contributed by atoms with E-state index in [0.717, 1.165) is 16.0 Å². The zero-order valence-corrected chi connectivity index (χ0v) is 74.6. The molecule has 3 aromatic carbocycles. The Morgan fingerprint density at radius 3 is 1.39 bits per heavy atom. The number of nitrogens with two attached hydrogens (primary N) is 3. The third kappa shape index (κ3) is 32.8.